The summed E-state index contributed by atoms with van der Waals surface area (Å²) in [6, 6.07) is 14.1. The van der Waals surface area contributed by atoms with Crippen LogP contribution in [0.4, 0.5) is 0 Å². The summed E-state index contributed by atoms with van der Waals surface area (Å²) in [5, 5.41) is 4.87. The Morgan fingerprint density at radius 3 is 2.72 bits per heavy atom. The van der Waals surface area contributed by atoms with Crippen LogP contribution in [0.5, 0.6) is 0 Å². The predicted octanol–water partition coefficient (Wildman–Crippen LogP) is 4.22. The molecule has 0 aliphatic carbocycles. The van der Waals surface area contributed by atoms with Crippen molar-refractivity contribution in [2.45, 2.75) is 31.8 Å². The van der Waals surface area contributed by atoms with Crippen LogP contribution in [0.3, 0.4) is 0 Å². The molecule has 1 aromatic heterocycles. The van der Waals surface area contributed by atoms with Gasteiger partial charge in [0.1, 0.15) is 11.4 Å². The number of hydrogen-bond donors (Lipinski definition) is 1. The maximum absolute atomic E-state index is 12.3. The number of nitrogens with zero attached hydrogens (tertiary/aromatic N) is 2. The fraction of sp³-hybridized carbons (Fsp3) is 0.250. The number of aromatic nitrogens is 2. The van der Waals surface area contributed by atoms with Gasteiger partial charge in [-0.05, 0) is 43.5 Å². The molecule has 0 bridgehead atoms. The fourth-order valence-electron chi connectivity index (χ4n) is 2.63. The molecule has 0 aliphatic heterocycles. The van der Waals surface area contributed by atoms with Crippen LogP contribution in [-0.2, 0) is 4.79 Å². The number of nitrogens with one attached hydrogen (secondary N) is 1. The smallest absolute Gasteiger partial charge is 0.230 e. The van der Waals surface area contributed by atoms with Gasteiger partial charge < -0.3 is 5.32 Å². The van der Waals surface area contributed by atoms with E-state index in [1.165, 1.54) is 22.9 Å². The van der Waals surface area contributed by atoms with Gasteiger partial charge in [-0.15, -0.1) is 0 Å². The quantitative estimate of drug-likeness (QED) is 0.552. The number of benzene rings is 2. The van der Waals surface area contributed by atoms with E-state index < -0.39 is 0 Å². The van der Waals surface area contributed by atoms with Crippen LogP contribution in [0, 0.1) is 13.8 Å². The second-order valence-corrected chi connectivity index (χ2v) is 7.08. The van der Waals surface area contributed by atoms with Crippen LogP contribution in [0.1, 0.15) is 29.7 Å². The molecule has 25 heavy (non-hydrogen) atoms. The standard InChI is InChI=1S/C20H21N3OS/c1-13-8-9-16(10-14(13)2)15(3)23-19(24)11-25-20-17-6-4-5-7-18(17)21-12-22-20/h4-10,12,15H,11H2,1-3H3,(H,23,24)/t15-/m0/s1. The Kier molecular flexibility index (Phi) is 5.34. The highest BCUT2D eigenvalue weighted by Crippen LogP contribution is 2.24. The summed E-state index contributed by atoms with van der Waals surface area (Å²) in [6.45, 7) is 6.18. The first-order valence-corrected chi connectivity index (χ1v) is 9.22. The summed E-state index contributed by atoms with van der Waals surface area (Å²) < 4.78 is 0. The van der Waals surface area contributed by atoms with Crippen LogP contribution in [-0.4, -0.2) is 21.6 Å². The Bertz CT molecular complexity index is 905. The first kappa shape index (κ1) is 17.4. The van der Waals surface area contributed by atoms with Crippen molar-refractivity contribution >= 4 is 28.6 Å². The van der Waals surface area contributed by atoms with Gasteiger partial charge in [0.15, 0.2) is 0 Å². The van der Waals surface area contributed by atoms with E-state index in [-0.39, 0.29) is 11.9 Å². The molecule has 0 saturated carbocycles. The molecular weight excluding hydrogens is 330 g/mol. The SMILES string of the molecule is Cc1ccc([C@H](C)NC(=O)CSc2ncnc3ccccc23)cc1C. The molecule has 5 heteroatoms. The highest BCUT2D eigenvalue weighted by atomic mass is 32.2. The van der Waals surface area contributed by atoms with Crippen molar-refractivity contribution in [1.29, 1.82) is 0 Å². The first-order chi connectivity index (χ1) is 12.0. The monoisotopic (exact) mass is 351 g/mol. The van der Waals surface area contributed by atoms with Crippen molar-refractivity contribution in [3.05, 3.63) is 65.5 Å². The molecule has 1 heterocycles. The Morgan fingerprint density at radius 2 is 1.92 bits per heavy atom. The predicted molar refractivity (Wildman–Crippen MR) is 103 cm³/mol. The number of thioether (sulfide) groups is 1. The van der Waals surface area contributed by atoms with Crippen LogP contribution >= 0.6 is 11.8 Å². The second kappa shape index (κ2) is 7.66. The zero-order chi connectivity index (χ0) is 17.8. The van der Waals surface area contributed by atoms with E-state index in [9.17, 15) is 4.79 Å². The van der Waals surface area contributed by atoms with Gasteiger partial charge in [-0.1, -0.05) is 48.2 Å². The molecule has 0 radical (unpaired) electrons. The lowest BCUT2D eigenvalue weighted by Gasteiger charge is -2.15. The number of carbonyl (C=O) groups is 1. The lowest BCUT2D eigenvalue weighted by Crippen LogP contribution is -2.28. The van der Waals surface area contributed by atoms with Gasteiger partial charge >= 0.3 is 0 Å². The number of carbonyl (C=O) groups excluding carboxylic acids is 1. The molecule has 0 aliphatic rings. The Hall–Kier alpha value is -2.40. The highest BCUT2D eigenvalue weighted by molar-refractivity contribution is 8.00. The topological polar surface area (TPSA) is 54.9 Å². The second-order valence-electron chi connectivity index (χ2n) is 6.12. The molecule has 4 nitrogen and oxygen atoms in total. The van der Waals surface area contributed by atoms with E-state index in [0.29, 0.717) is 5.75 Å². The van der Waals surface area contributed by atoms with E-state index in [1.807, 2.05) is 31.2 Å². The summed E-state index contributed by atoms with van der Waals surface area (Å²) in [5.74, 6) is 0.328. The number of hydrogen-bond acceptors (Lipinski definition) is 4. The number of rotatable bonds is 5. The normalized spacial score (nSPS) is 12.1. The van der Waals surface area contributed by atoms with Crippen molar-refractivity contribution in [2.75, 3.05) is 5.75 Å². The van der Waals surface area contributed by atoms with Crippen molar-refractivity contribution in [3.8, 4) is 0 Å². The van der Waals surface area contributed by atoms with Crippen molar-refractivity contribution in [1.82, 2.24) is 15.3 Å². The van der Waals surface area contributed by atoms with Crippen molar-refractivity contribution < 1.29 is 4.79 Å². The van der Waals surface area contributed by atoms with Gasteiger partial charge in [-0.3, -0.25) is 4.79 Å². The molecule has 1 N–H and O–H groups in total. The molecular formula is C20H21N3OS. The summed E-state index contributed by atoms with van der Waals surface area (Å²) >= 11 is 1.44. The molecule has 2 aromatic carbocycles. The van der Waals surface area contributed by atoms with Gasteiger partial charge in [0.2, 0.25) is 5.91 Å². The molecule has 1 amide bonds. The van der Waals surface area contributed by atoms with E-state index in [1.54, 1.807) is 6.33 Å². The fourth-order valence-corrected chi connectivity index (χ4v) is 3.43. The molecule has 128 valence electrons. The van der Waals surface area contributed by atoms with Crippen LogP contribution < -0.4 is 5.32 Å². The maximum Gasteiger partial charge on any atom is 0.230 e. The van der Waals surface area contributed by atoms with Gasteiger partial charge in [0.05, 0.1) is 17.3 Å². The van der Waals surface area contributed by atoms with E-state index in [2.05, 4.69) is 47.3 Å². The van der Waals surface area contributed by atoms with Crippen molar-refractivity contribution in [2.24, 2.45) is 0 Å². The molecule has 1 atom stereocenters. The molecule has 0 fully saturated rings. The summed E-state index contributed by atoms with van der Waals surface area (Å²) in [5.41, 5.74) is 4.51. The van der Waals surface area contributed by atoms with E-state index in [4.69, 9.17) is 0 Å². The first-order valence-electron chi connectivity index (χ1n) is 8.23. The van der Waals surface area contributed by atoms with Gasteiger partial charge in [0, 0.05) is 5.39 Å². The van der Waals surface area contributed by atoms with Gasteiger partial charge in [-0.25, -0.2) is 9.97 Å². The van der Waals surface area contributed by atoms with Crippen LogP contribution in [0.15, 0.2) is 53.8 Å². The summed E-state index contributed by atoms with van der Waals surface area (Å²) in [4.78, 5) is 20.9. The van der Waals surface area contributed by atoms with Crippen LogP contribution in [0.2, 0.25) is 0 Å². The minimum Gasteiger partial charge on any atom is -0.349 e. The van der Waals surface area contributed by atoms with Crippen molar-refractivity contribution in [3.63, 3.8) is 0 Å². The minimum atomic E-state index is -0.0189. The number of fused-ring (bicyclic) bond motifs is 1. The lowest BCUT2D eigenvalue weighted by atomic mass is 10.0. The third kappa shape index (κ3) is 4.17. The highest BCUT2D eigenvalue weighted by Gasteiger charge is 2.12. The number of para-hydroxylation sites is 1. The van der Waals surface area contributed by atoms with E-state index in [0.717, 1.165) is 21.5 Å². The molecule has 3 aromatic rings. The lowest BCUT2D eigenvalue weighted by molar-refractivity contribution is -0.119. The Balaban J connectivity index is 1.63. The Morgan fingerprint density at radius 1 is 1.12 bits per heavy atom. The third-order valence-corrected chi connectivity index (χ3v) is 5.26. The average Bonchev–Trinajstić information content (AvgIpc) is 2.62. The maximum atomic E-state index is 12.3. The molecule has 0 saturated heterocycles. The average molecular weight is 351 g/mol. The number of aryl methyl sites for hydroxylation is 2. The summed E-state index contributed by atoms with van der Waals surface area (Å²) in [7, 11) is 0. The zero-order valence-electron chi connectivity index (χ0n) is 14.6. The van der Waals surface area contributed by atoms with E-state index >= 15 is 0 Å². The molecule has 0 unspecified atom stereocenters. The van der Waals surface area contributed by atoms with Crippen LogP contribution in [0.25, 0.3) is 10.9 Å². The largest absolute Gasteiger partial charge is 0.349 e. The Labute approximate surface area is 152 Å². The zero-order valence-corrected chi connectivity index (χ0v) is 15.4. The summed E-state index contributed by atoms with van der Waals surface area (Å²) in [6.07, 6.45) is 1.54. The molecule has 0 spiro atoms. The third-order valence-electron chi connectivity index (χ3n) is 4.25. The molecule has 3 rings (SSSR count). The van der Waals surface area contributed by atoms with Gasteiger partial charge in [-0.2, -0.15) is 0 Å². The van der Waals surface area contributed by atoms with Gasteiger partial charge in [0.25, 0.3) is 0 Å². The number of amides is 1. The minimum absolute atomic E-state index is 0.00146.